The van der Waals surface area contributed by atoms with Crippen molar-refractivity contribution in [3.05, 3.63) is 39.1 Å². The Morgan fingerprint density at radius 1 is 1.19 bits per heavy atom. The first-order chi connectivity index (χ1) is 13.0. The smallest absolute Gasteiger partial charge is 0.280 e. The van der Waals surface area contributed by atoms with Gasteiger partial charge in [0.15, 0.2) is 0 Å². The fourth-order valence-electron chi connectivity index (χ4n) is 4.00. The van der Waals surface area contributed by atoms with Gasteiger partial charge in [0.2, 0.25) is 5.95 Å². The fraction of sp³-hybridized carbons (Fsp3) is 0.611. The molecule has 4 rings (SSSR count). The van der Waals surface area contributed by atoms with Crippen LogP contribution in [0, 0.1) is 0 Å². The first kappa shape index (κ1) is 18.1. The number of aromatic nitrogens is 4. The Labute approximate surface area is 156 Å². The number of rotatable bonds is 4. The average molecular weight is 378 g/mol. The van der Waals surface area contributed by atoms with Gasteiger partial charge in [-0.2, -0.15) is 5.10 Å². The van der Waals surface area contributed by atoms with E-state index in [9.17, 15) is 13.6 Å². The molecule has 0 atom stereocenters. The van der Waals surface area contributed by atoms with Gasteiger partial charge >= 0.3 is 0 Å². The van der Waals surface area contributed by atoms with E-state index < -0.39 is 17.7 Å². The molecule has 0 unspecified atom stereocenters. The van der Waals surface area contributed by atoms with E-state index in [1.807, 2.05) is 16.6 Å². The molecule has 2 aromatic rings. The Kier molecular flexibility index (Phi) is 4.94. The van der Waals surface area contributed by atoms with E-state index in [0.717, 1.165) is 38.5 Å². The number of anilines is 1. The molecule has 0 amide bonds. The summed E-state index contributed by atoms with van der Waals surface area (Å²) in [7, 11) is 2.01. The van der Waals surface area contributed by atoms with Crippen molar-refractivity contribution in [1.29, 1.82) is 0 Å². The monoisotopic (exact) mass is 378 g/mol. The maximum absolute atomic E-state index is 12.9. The van der Waals surface area contributed by atoms with Gasteiger partial charge in [0.1, 0.15) is 5.69 Å². The lowest BCUT2D eigenvalue weighted by molar-refractivity contribution is 0.145. The number of nitrogens with one attached hydrogen (secondary N) is 1. The Morgan fingerprint density at radius 2 is 1.93 bits per heavy atom. The van der Waals surface area contributed by atoms with Gasteiger partial charge in [-0.15, -0.1) is 0 Å². The van der Waals surface area contributed by atoms with Gasteiger partial charge in [0, 0.05) is 45.8 Å². The van der Waals surface area contributed by atoms with Crippen molar-refractivity contribution in [2.75, 3.05) is 31.1 Å². The minimum atomic E-state index is -2.75. The Balaban J connectivity index is 1.43. The van der Waals surface area contributed by atoms with Gasteiger partial charge in [-0.25, -0.2) is 13.8 Å². The van der Waals surface area contributed by atoms with E-state index in [1.165, 1.54) is 29.8 Å². The Morgan fingerprint density at radius 3 is 2.67 bits per heavy atom. The molecule has 1 N–H and O–H groups in total. The van der Waals surface area contributed by atoms with Gasteiger partial charge in [-0.3, -0.25) is 19.4 Å². The van der Waals surface area contributed by atoms with E-state index in [4.69, 9.17) is 0 Å². The number of aromatic amines is 1. The summed E-state index contributed by atoms with van der Waals surface area (Å²) in [5.74, 6) is 0.232. The molecule has 1 aliphatic carbocycles. The molecule has 1 fully saturated rings. The molecule has 7 nitrogen and oxygen atoms in total. The van der Waals surface area contributed by atoms with Crippen molar-refractivity contribution in [2.24, 2.45) is 7.05 Å². The highest BCUT2D eigenvalue weighted by Crippen LogP contribution is 2.25. The Bertz CT molecular complexity index is 869. The van der Waals surface area contributed by atoms with E-state index in [-0.39, 0.29) is 5.95 Å². The molecule has 1 aliphatic heterocycles. The number of H-pyrrole nitrogens is 1. The molecule has 2 aromatic heterocycles. The zero-order chi connectivity index (χ0) is 19.0. The molecule has 146 valence electrons. The number of alkyl halides is 2. The maximum Gasteiger partial charge on any atom is 0.280 e. The van der Waals surface area contributed by atoms with Crippen molar-refractivity contribution < 1.29 is 8.78 Å². The van der Waals surface area contributed by atoms with Crippen LogP contribution in [0.1, 0.15) is 41.9 Å². The third-order valence-electron chi connectivity index (χ3n) is 5.47. The summed E-state index contributed by atoms with van der Waals surface area (Å²) >= 11 is 0. The van der Waals surface area contributed by atoms with Crippen molar-refractivity contribution in [3.63, 3.8) is 0 Å². The molecule has 2 aliphatic rings. The maximum atomic E-state index is 12.9. The quantitative estimate of drug-likeness (QED) is 0.876. The fourth-order valence-corrected chi connectivity index (χ4v) is 4.00. The molecule has 0 saturated carbocycles. The minimum Gasteiger partial charge on any atom is -0.340 e. The van der Waals surface area contributed by atoms with Crippen LogP contribution >= 0.6 is 0 Å². The molecule has 9 heteroatoms. The van der Waals surface area contributed by atoms with Crippen LogP contribution in [0.3, 0.4) is 0 Å². The van der Waals surface area contributed by atoms with Gasteiger partial charge in [0.05, 0.1) is 11.4 Å². The van der Waals surface area contributed by atoms with E-state index >= 15 is 0 Å². The first-order valence-electron chi connectivity index (χ1n) is 9.41. The molecule has 27 heavy (non-hydrogen) atoms. The number of fused-ring (bicyclic) bond motifs is 1. The zero-order valence-corrected chi connectivity index (χ0v) is 15.4. The van der Waals surface area contributed by atoms with Crippen LogP contribution in [0.2, 0.25) is 0 Å². The zero-order valence-electron chi connectivity index (χ0n) is 15.4. The van der Waals surface area contributed by atoms with E-state index in [1.54, 1.807) is 0 Å². The number of piperazine rings is 1. The van der Waals surface area contributed by atoms with Gasteiger partial charge in [-0.05, 0) is 31.2 Å². The highest BCUT2D eigenvalue weighted by Gasteiger charge is 2.24. The molecule has 0 bridgehead atoms. The van der Waals surface area contributed by atoms with Gasteiger partial charge in [0.25, 0.3) is 12.0 Å². The predicted molar refractivity (Wildman–Crippen MR) is 97.2 cm³/mol. The Hall–Kier alpha value is -2.29. The molecule has 0 radical (unpaired) electrons. The van der Waals surface area contributed by atoms with Crippen LogP contribution in [0.15, 0.2) is 10.9 Å². The number of hydrogen-bond donors (Lipinski definition) is 1. The summed E-state index contributed by atoms with van der Waals surface area (Å²) in [4.78, 5) is 22.3. The van der Waals surface area contributed by atoms with E-state index in [2.05, 4.69) is 20.0 Å². The number of aryl methyl sites for hydroxylation is 2. The SMILES string of the molecule is Cn1nc2c(c1CN1CCN(c3nc(C(F)F)cc(=O)[nH]3)CC1)CCCC2. The van der Waals surface area contributed by atoms with E-state index in [0.29, 0.717) is 13.1 Å². The van der Waals surface area contributed by atoms with Crippen LogP contribution in [0.4, 0.5) is 14.7 Å². The second-order valence-corrected chi connectivity index (χ2v) is 7.26. The van der Waals surface area contributed by atoms with Crippen molar-refractivity contribution >= 4 is 5.95 Å². The highest BCUT2D eigenvalue weighted by atomic mass is 19.3. The number of halogens is 2. The summed E-state index contributed by atoms with van der Waals surface area (Å²) < 4.78 is 27.8. The van der Waals surface area contributed by atoms with Crippen molar-refractivity contribution in [2.45, 2.75) is 38.7 Å². The minimum absolute atomic E-state index is 0.232. The molecule has 0 aromatic carbocycles. The summed E-state index contributed by atoms with van der Waals surface area (Å²) in [5.41, 5.74) is 2.91. The largest absolute Gasteiger partial charge is 0.340 e. The summed E-state index contributed by atoms with van der Waals surface area (Å²) in [6.07, 6.45) is 1.85. The van der Waals surface area contributed by atoms with Crippen molar-refractivity contribution in [1.82, 2.24) is 24.6 Å². The van der Waals surface area contributed by atoms with Crippen LogP contribution in [-0.4, -0.2) is 50.8 Å². The topological polar surface area (TPSA) is 70.1 Å². The summed E-state index contributed by atoms with van der Waals surface area (Å²) in [6.45, 7) is 3.67. The normalized spacial score (nSPS) is 18.1. The summed E-state index contributed by atoms with van der Waals surface area (Å²) in [5, 5.41) is 4.67. The highest BCUT2D eigenvalue weighted by molar-refractivity contribution is 5.32. The number of hydrogen-bond acceptors (Lipinski definition) is 5. The van der Waals surface area contributed by atoms with Crippen LogP contribution in [0.5, 0.6) is 0 Å². The molecule has 3 heterocycles. The second kappa shape index (κ2) is 7.38. The average Bonchev–Trinajstić information content (AvgIpc) is 2.97. The molecular weight excluding hydrogens is 354 g/mol. The molecule has 1 saturated heterocycles. The van der Waals surface area contributed by atoms with Crippen LogP contribution in [0.25, 0.3) is 0 Å². The lowest BCUT2D eigenvalue weighted by Crippen LogP contribution is -2.47. The van der Waals surface area contributed by atoms with Gasteiger partial charge in [-0.1, -0.05) is 0 Å². The second-order valence-electron chi connectivity index (χ2n) is 7.26. The van der Waals surface area contributed by atoms with Crippen LogP contribution in [-0.2, 0) is 26.4 Å². The third-order valence-corrected chi connectivity index (χ3v) is 5.47. The lowest BCUT2D eigenvalue weighted by Gasteiger charge is -2.35. The number of nitrogens with zero attached hydrogens (tertiary/aromatic N) is 5. The van der Waals surface area contributed by atoms with Crippen molar-refractivity contribution in [3.8, 4) is 0 Å². The third kappa shape index (κ3) is 3.73. The molecule has 0 spiro atoms. The first-order valence-corrected chi connectivity index (χ1v) is 9.41. The standard InChI is InChI=1S/C18H24F2N6O/c1-24-15(12-4-2-3-5-13(12)23-24)11-25-6-8-26(9-7-25)18-21-14(17(19)20)10-16(27)22-18/h10,17H,2-9,11H2,1H3,(H,21,22,27). The summed E-state index contributed by atoms with van der Waals surface area (Å²) in [6, 6.07) is 0.857. The lowest BCUT2D eigenvalue weighted by atomic mass is 9.95. The van der Waals surface area contributed by atoms with Gasteiger partial charge < -0.3 is 4.90 Å². The van der Waals surface area contributed by atoms with Crippen LogP contribution < -0.4 is 10.5 Å². The molecular formula is C18H24F2N6O. The predicted octanol–water partition coefficient (Wildman–Crippen LogP) is 1.64.